The fraction of sp³-hybridized carbons (Fsp3) is 0.500. The quantitative estimate of drug-likeness (QED) is 0.418. The Hall–Kier alpha value is 0.580. The first kappa shape index (κ1) is 36.3. The molecule has 98 valence electrons. The molecule has 0 radical (unpaired) electrons. The van der Waals surface area contributed by atoms with E-state index in [-0.39, 0.29) is 82.5 Å². The van der Waals surface area contributed by atoms with Gasteiger partial charge in [0.15, 0.2) is 5.60 Å². The predicted octanol–water partition coefficient (Wildman–Crippen LogP) is -13.2. The Kier molecular flexibility index (Phi) is 31.5. The molecule has 0 saturated heterocycles. The molecule has 0 bridgehead atoms. The molecule has 0 spiro atoms. The summed E-state index contributed by atoms with van der Waals surface area (Å²) in [6, 6.07) is 0. The van der Waals surface area contributed by atoms with E-state index in [1.165, 1.54) is 0 Å². The first-order valence-electron chi connectivity index (χ1n) is 3.15. The zero-order valence-corrected chi connectivity index (χ0v) is 14.5. The van der Waals surface area contributed by atoms with Gasteiger partial charge in [0, 0.05) is 12.4 Å². The Morgan fingerprint density at radius 2 is 1.33 bits per heavy atom. The maximum Gasteiger partial charge on any atom is 1.00 e. The van der Waals surface area contributed by atoms with E-state index in [1.807, 2.05) is 0 Å². The minimum absolute atomic E-state index is 0. The average molecular weight is 309 g/mol. The molecule has 18 heavy (non-hydrogen) atoms. The van der Waals surface area contributed by atoms with Gasteiger partial charge in [0.05, 0.1) is 6.42 Å². The Labute approximate surface area is 152 Å². The van der Waals surface area contributed by atoms with Crippen molar-refractivity contribution in [2.24, 2.45) is 0 Å². The topological polar surface area (TPSA) is 198 Å². The van der Waals surface area contributed by atoms with Crippen LogP contribution in [0.1, 0.15) is 12.8 Å². The molecule has 0 aliphatic rings. The van der Waals surface area contributed by atoms with Crippen molar-refractivity contribution >= 4 is 17.9 Å². The molecule has 0 aliphatic heterocycles. The molecule has 0 fully saturated rings. The van der Waals surface area contributed by atoms with Crippen molar-refractivity contribution in [3.05, 3.63) is 0 Å². The van der Waals surface area contributed by atoms with Crippen LogP contribution in [0.5, 0.6) is 0 Å². The Morgan fingerprint density at radius 3 is 1.50 bits per heavy atom. The molecule has 1 unspecified atom stereocenters. The van der Waals surface area contributed by atoms with E-state index in [1.54, 1.807) is 0 Å². The van der Waals surface area contributed by atoms with Crippen LogP contribution in [0, 0.1) is 0 Å². The second-order valence-electron chi connectivity index (χ2n) is 2.46. The largest absolute Gasteiger partial charge is 1.00 e. The van der Waals surface area contributed by atoms with Gasteiger partial charge in [0.25, 0.3) is 0 Å². The first-order valence-corrected chi connectivity index (χ1v) is 3.15. The fourth-order valence-electron chi connectivity index (χ4n) is 0.703. The number of halogens is 1. The van der Waals surface area contributed by atoms with Crippen molar-refractivity contribution in [3.8, 4) is 0 Å². The van der Waals surface area contributed by atoms with Crippen LogP contribution in [-0.4, -0.2) is 49.8 Å². The minimum atomic E-state index is -2.80. The standard InChI is InChI=1S/C6H8O7.ClH.2Na.2H2O/c7-3(8)1-6(13,5(11)12)2-4(9)10;;;;;/h13H,1-2H2,(H,7,8)(H,9,10)(H,11,12);1H;;;2*1H2/q;;2*+1;;/p-2. The number of carboxylic acids is 3. The normalized spacial score (nSPS) is 10.5. The van der Waals surface area contributed by atoms with E-state index in [9.17, 15) is 19.5 Å². The maximum absolute atomic E-state index is 10.3. The molecule has 0 aromatic carbocycles. The van der Waals surface area contributed by atoms with E-state index in [0.717, 1.165) is 0 Å². The predicted molar refractivity (Wildman–Crippen MR) is 41.7 cm³/mol. The summed E-state index contributed by atoms with van der Waals surface area (Å²) in [6.45, 7) is 0. The van der Waals surface area contributed by atoms with Gasteiger partial charge in [0.1, 0.15) is 0 Å². The number of carboxylic acid groups (broad SMARTS) is 3. The first-order chi connectivity index (χ1) is 5.78. The van der Waals surface area contributed by atoms with E-state index in [0.29, 0.717) is 0 Å². The molecule has 9 nitrogen and oxygen atoms in total. The molecule has 0 aliphatic carbocycles. The van der Waals surface area contributed by atoms with Gasteiger partial charge in [-0.2, -0.15) is 0 Å². The molecule has 0 aromatic heterocycles. The van der Waals surface area contributed by atoms with Crippen molar-refractivity contribution in [1.82, 2.24) is 0 Å². The second kappa shape index (κ2) is 15.6. The zero-order valence-electron chi connectivity index (χ0n) is 9.77. The minimum Gasteiger partial charge on any atom is -1.00 e. The molecule has 12 heteroatoms. The molecule has 0 aromatic rings. The Morgan fingerprint density at radius 1 is 1.00 bits per heavy atom. The van der Waals surface area contributed by atoms with E-state index < -0.39 is 36.4 Å². The van der Waals surface area contributed by atoms with Crippen molar-refractivity contribution in [1.29, 1.82) is 0 Å². The summed E-state index contributed by atoms with van der Waals surface area (Å²) < 4.78 is 0. The summed E-state index contributed by atoms with van der Waals surface area (Å²) in [6.07, 6.45) is -2.44. The van der Waals surface area contributed by atoms with Crippen molar-refractivity contribution in [3.63, 3.8) is 0 Å². The Bertz CT molecular complexity index is 243. The van der Waals surface area contributed by atoms with Crippen LogP contribution in [0.25, 0.3) is 0 Å². The van der Waals surface area contributed by atoms with Crippen molar-refractivity contribution in [2.45, 2.75) is 18.4 Å². The van der Waals surface area contributed by atoms with Crippen molar-refractivity contribution < 1.29 is 117 Å². The van der Waals surface area contributed by atoms with E-state index in [2.05, 4.69) is 0 Å². The van der Waals surface area contributed by atoms with Crippen LogP contribution in [0.2, 0.25) is 0 Å². The van der Waals surface area contributed by atoms with Crippen LogP contribution in [0.4, 0.5) is 0 Å². The smallest absolute Gasteiger partial charge is 1.00 e. The molecular weight excluding hydrogens is 297 g/mol. The number of carbonyl (C=O) groups excluding carboxylic acids is 1. The van der Waals surface area contributed by atoms with Crippen LogP contribution in [-0.2, 0) is 14.4 Å². The van der Waals surface area contributed by atoms with Crippen LogP contribution < -0.4 is 76.6 Å². The summed E-state index contributed by atoms with van der Waals surface area (Å²) in [5.41, 5.74) is -2.80. The second-order valence-corrected chi connectivity index (χ2v) is 2.46. The third-order valence-corrected chi connectivity index (χ3v) is 1.28. The monoisotopic (exact) mass is 308 g/mol. The van der Waals surface area contributed by atoms with Crippen LogP contribution >= 0.6 is 0 Å². The number of rotatable bonds is 5. The summed E-state index contributed by atoms with van der Waals surface area (Å²) in [7, 11) is 0. The van der Waals surface area contributed by atoms with Gasteiger partial charge < -0.3 is 48.6 Å². The summed E-state index contributed by atoms with van der Waals surface area (Å²) >= 11 is 0. The average Bonchev–Trinajstić information content (AvgIpc) is 1.82. The molecule has 0 amide bonds. The van der Waals surface area contributed by atoms with E-state index >= 15 is 0 Å². The van der Waals surface area contributed by atoms with Gasteiger partial charge in [-0.15, -0.1) is 0 Å². The fourth-order valence-corrected chi connectivity index (χ4v) is 0.703. The number of hydrogen-bond donors (Lipinski definition) is 3. The molecule has 0 rings (SSSR count). The van der Waals surface area contributed by atoms with Gasteiger partial charge in [-0.1, -0.05) is 0 Å². The number of carbonyl (C=O) groups is 3. The molecule has 0 heterocycles. The third-order valence-electron chi connectivity index (χ3n) is 1.28. The number of aliphatic carboxylic acids is 3. The molecule has 7 N–H and O–H groups in total. The third kappa shape index (κ3) is 14.6. The summed E-state index contributed by atoms with van der Waals surface area (Å²) in [5, 5.41) is 35.5. The molecular formula is C6H11ClNa2O9. The van der Waals surface area contributed by atoms with Gasteiger partial charge in [-0.25, -0.2) is 4.79 Å². The van der Waals surface area contributed by atoms with Crippen LogP contribution in [0.3, 0.4) is 0 Å². The molecule has 1 atom stereocenters. The Balaban J connectivity index is -0.0000000720. The maximum atomic E-state index is 10.3. The van der Waals surface area contributed by atoms with Crippen molar-refractivity contribution in [2.75, 3.05) is 0 Å². The molecule has 0 saturated carbocycles. The van der Waals surface area contributed by atoms with Gasteiger partial charge >= 0.3 is 71.1 Å². The summed E-state index contributed by atoms with van der Waals surface area (Å²) in [5.74, 6) is -5.34. The number of hydrogen-bond acceptors (Lipinski definition) is 5. The SMILES string of the molecule is O.O.O=C([O-])CC(O)(CC(=O)O)C(=O)O.[Cl-].[Na+].[Na+]. The van der Waals surface area contributed by atoms with E-state index in [4.69, 9.17) is 15.3 Å². The summed E-state index contributed by atoms with van der Waals surface area (Å²) in [4.78, 5) is 30.3. The van der Waals surface area contributed by atoms with Gasteiger partial charge in [-0.3, -0.25) is 4.79 Å². The van der Waals surface area contributed by atoms with Gasteiger partial charge in [0.2, 0.25) is 0 Å². The van der Waals surface area contributed by atoms with Gasteiger partial charge in [-0.05, 0) is 0 Å². The zero-order chi connectivity index (χ0) is 10.6. The number of aliphatic hydroxyl groups is 1. The van der Waals surface area contributed by atoms with Crippen LogP contribution in [0.15, 0.2) is 0 Å².